The number of aromatic nitrogens is 2. The number of hydrogen-bond acceptors (Lipinski definition) is 4. The Morgan fingerprint density at radius 3 is 3.00 bits per heavy atom. The number of likely N-dealkylation sites (tertiary alicyclic amines) is 1. The van der Waals surface area contributed by atoms with Crippen molar-refractivity contribution in [2.75, 3.05) is 26.2 Å². The fraction of sp³-hybridized carbons (Fsp3) is 0.688. The minimum atomic E-state index is -0.273. The first-order valence-electron chi connectivity index (χ1n) is 8.29. The van der Waals surface area contributed by atoms with E-state index in [-0.39, 0.29) is 11.5 Å². The number of carbonyl (C=O) groups excluding carboxylic acids is 1. The van der Waals surface area contributed by atoms with E-state index in [1.807, 2.05) is 4.90 Å². The molecule has 118 valence electrons. The Kier molecular flexibility index (Phi) is 3.48. The highest BCUT2D eigenvalue weighted by Crippen LogP contribution is 2.37. The summed E-state index contributed by atoms with van der Waals surface area (Å²) in [6.45, 7) is 4.01. The monoisotopic (exact) mass is 302 g/mol. The molecule has 1 amide bonds. The molecule has 0 unspecified atom stereocenters. The first-order valence-corrected chi connectivity index (χ1v) is 8.29. The van der Waals surface area contributed by atoms with Gasteiger partial charge in [-0.25, -0.2) is 4.98 Å². The van der Waals surface area contributed by atoms with Gasteiger partial charge in [0, 0.05) is 31.9 Å². The maximum absolute atomic E-state index is 12.6. The van der Waals surface area contributed by atoms with E-state index < -0.39 is 0 Å². The van der Waals surface area contributed by atoms with Gasteiger partial charge in [-0.1, -0.05) is 6.42 Å². The SMILES string of the molecule is O=C(c1c[nH]c(=O)cn1)N1C[C@@H]2C[C@H](C1)[C@@H]1CCCCN1C2. The van der Waals surface area contributed by atoms with Crippen molar-refractivity contribution in [3.05, 3.63) is 28.4 Å². The van der Waals surface area contributed by atoms with Crippen LogP contribution in [0.2, 0.25) is 0 Å². The first kappa shape index (κ1) is 13.9. The molecule has 4 rings (SSSR count). The van der Waals surface area contributed by atoms with Crippen LogP contribution in [0.4, 0.5) is 0 Å². The summed E-state index contributed by atoms with van der Waals surface area (Å²) in [6, 6.07) is 0.657. The molecule has 0 radical (unpaired) electrons. The summed E-state index contributed by atoms with van der Waals surface area (Å²) in [6.07, 6.45) is 7.78. The zero-order valence-corrected chi connectivity index (χ0v) is 12.7. The Hall–Kier alpha value is -1.69. The molecule has 3 aliphatic heterocycles. The Bertz CT molecular complexity index is 608. The quantitative estimate of drug-likeness (QED) is 0.830. The summed E-state index contributed by atoms with van der Waals surface area (Å²) in [7, 11) is 0. The number of carbonyl (C=O) groups is 1. The van der Waals surface area contributed by atoms with Crippen LogP contribution in [0, 0.1) is 11.8 Å². The number of H-pyrrole nitrogens is 1. The third-order valence-corrected chi connectivity index (χ3v) is 5.45. The van der Waals surface area contributed by atoms with Crippen molar-refractivity contribution in [2.45, 2.75) is 31.7 Å². The zero-order chi connectivity index (χ0) is 15.1. The van der Waals surface area contributed by atoms with Gasteiger partial charge in [0.2, 0.25) is 0 Å². The van der Waals surface area contributed by atoms with E-state index in [2.05, 4.69) is 14.9 Å². The molecule has 4 heterocycles. The summed E-state index contributed by atoms with van der Waals surface area (Å²) in [4.78, 5) is 34.8. The van der Waals surface area contributed by atoms with Crippen molar-refractivity contribution in [2.24, 2.45) is 11.8 Å². The van der Waals surface area contributed by atoms with Crippen LogP contribution in [0.15, 0.2) is 17.2 Å². The molecular weight excluding hydrogens is 280 g/mol. The Morgan fingerprint density at radius 1 is 1.27 bits per heavy atom. The second-order valence-electron chi connectivity index (χ2n) is 6.93. The van der Waals surface area contributed by atoms with Crippen molar-refractivity contribution < 1.29 is 4.79 Å². The average Bonchev–Trinajstić information content (AvgIpc) is 2.54. The topological polar surface area (TPSA) is 69.3 Å². The summed E-state index contributed by atoms with van der Waals surface area (Å²) in [5.74, 6) is 1.13. The maximum Gasteiger partial charge on any atom is 0.273 e. The van der Waals surface area contributed by atoms with Crippen molar-refractivity contribution >= 4 is 5.91 Å². The van der Waals surface area contributed by atoms with Crippen molar-refractivity contribution in [1.82, 2.24) is 19.8 Å². The minimum absolute atomic E-state index is 0.0461. The number of piperidine rings is 3. The van der Waals surface area contributed by atoms with E-state index in [9.17, 15) is 9.59 Å². The van der Waals surface area contributed by atoms with Crippen LogP contribution in [-0.4, -0.2) is 57.9 Å². The van der Waals surface area contributed by atoms with E-state index in [0.29, 0.717) is 23.6 Å². The molecule has 22 heavy (non-hydrogen) atoms. The Morgan fingerprint density at radius 2 is 2.18 bits per heavy atom. The van der Waals surface area contributed by atoms with Crippen LogP contribution in [0.5, 0.6) is 0 Å². The second-order valence-corrected chi connectivity index (χ2v) is 6.93. The van der Waals surface area contributed by atoms with Gasteiger partial charge in [0.25, 0.3) is 11.5 Å². The van der Waals surface area contributed by atoms with Crippen LogP contribution < -0.4 is 5.56 Å². The zero-order valence-electron chi connectivity index (χ0n) is 12.7. The van der Waals surface area contributed by atoms with Crippen LogP contribution >= 0.6 is 0 Å². The van der Waals surface area contributed by atoms with Gasteiger partial charge < -0.3 is 9.88 Å². The predicted molar refractivity (Wildman–Crippen MR) is 81.6 cm³/mol. The highest BCUT2D eigenvalue weighted by molar-refractivity contribution is 5.92. The third kappa shape index (κ3) is 2.45. The van der Waals surface area contributed by atoms with E-state index in [1.165, 1.54) is 44.6 Å². The molecule has 0 saturated carbocycles. The summed E-state index contributed by atoms with van der Waals surface area (Å²) in [5.41, 5.74) is 0.0741. The highest BCUT2D eigenvalue weighted by Gasteiger charge is 2.42. The molecule has 6 heteroatoms. The van der Waals surface area contributed by atoms with Gasteiger partial charge >= 0.3 is 0 Å². The van der Waals surface area contributed by atoms with E-state index >= 15 is 0 Å². The molecule has 3 atom stereocenters. The van der Waals surface area contributed by atoms with Crippen LogP contribution in [0.3, 0.4) is 0 Å². The summed E-state index contributed by atoms with van der Waals surface area (Å²) < 4.78 is 0. The fourth-order valence-electron chi connectivity index (χ4n) is 4.55. The number of rotatable bonds is 1. The van der Waals surface area contributed by atoms with Gasteiger partial charge in [0.15, 0.2) is 0 Å². The van der Waals surface area contributed by atoms with Crippen LogP contribution in [-0.2, 0) is 0 Å². The molecule has 1 N–H and O–H groups in total. The average molecular weight is 302 g/mol. The largest absolute Gasteiger partial charge is 0.337 e. The maximum atomic E-state index is 12.6. The third-order valence-electron chi connectivity index (χ3n) is 5.45. The van der Waals surface area contributed by atoms with Gasteiger partial charge in [-0.3, -0.25) is 14.5 Å². The molecule has 3 aliphatic rings. The Balaban J connectivity index is 1.51. The van der Waals surface area contributed by atoms with Crippen molar-refractivity contribution in [3.63, 3.8) is 0 Å². The molecule has 2 bridgehead atoms. The minimum Gasteiger partial charge on any atom is -0.337 e. The molecule has 3 fully saturated rings. The molecule has 0 spiro atoms. The van der Waals surface area contributed by atoms with E-state index in [0.717, 1.165) is 19.6 Å². The first-order chi connectivity index (χ1) is 10.7. The molecule has 1 aromatic heterocycles. The molecule has 3 saturated heterocycles. The molecular formula is C16H22N4O2. The Labute approximate surface area is 129 Å². The number of nitrogens with zero attached hydrogens (tertiary/aromatic N) is 3. The number of aromatic amines is 1. The molecule has 6 nitrogen and oxygen atoms in total. The lowest BCUT2D eigenvalue weighted by atomic mass is 9.76. The van der Waals surface area contributed by atoms with Gasteiger partial charge in [0.05, 0.1) is 6.20 Å². The van der Waals surface area contributed by atoms with E-state index in [4.69, 9.17) is 0 Å². The fourth-order valence-corrected chi connectivity index (χ4v) is 4.55. The van der Waals surface area contributed by atoms with Crippen LogP contribution in [0.25, 0.3) is 0 Å². The number of amides is 1. The smallest absolute Gasteiger partial charge is 0.273 e. The lowest BCUT2D eigenvalue weighted by molar-refractivity contribution is -0.0244. The number of hydrogen-bond donors (Lipinski definition) is 1. The van der Waals surface area contributed by atoms with Gasteiger partial charge in [-0.2, -0.15) is 0 Å². The lowest BCUT2D eigenvalue weighted by Crippen LogP contribution is -2.59. The number of fused-ring (bicyclic) bond motifs is 4. The van der Waals surface area contributed by atoms with Gasteiger partial charge in [0.1, 0.15) is 5.69 Å². The van der Waals surface area contributed by atoms with Crippen molar-refractivity contribution in [1.29, 1.82) is 0 Å². The molecule has 1 aromatic rings. The van der Waals surface area contributed by atoms with E-state index in [1.54, 1.807) is 0 Å². The van der Waals surface area contributed by atoms with Crippen molar-refractivity contribution in [3.8, 4) is 0 Å². The summed E-state index contributed by atoms with van der Waals surface area (Å²) in [5, 5.41) is 0. The molecule has 0 aromatic carbocycles. The van der Waals surface area contributed by atoms with Crippen LogP contribution in [0.1, 0.15) is 36.2 Å². The second kappa shape index (κ2) is 5.50. The van der Waals surface area contributed by atoms with Gasteiger partial charge in [-0.05, 0) is 37.6 Å². The lowest BCUT2D eigenvalue weighted by Gasteiger charge is -2.52. The number of nitrogens with one attached hydrogen (secondary N) is 1. The summed E-state index contributed by atoms with van der Waals surface area (Å²) >= 11 is 0. The molecule has 0 aliphatic carbocycles. The standard InChI is InChI=1S/C16H22N4O2/c21-15-7-17-13(6-18-15)16(22)20-9-11-5-12(10-20)14-3-1-2-4-19(14)8-11/h6-7,11-12,14H,1-5,8-10H2,(H,18,21)/t11-,12-,14+/m1/s1. The highest BCUT2D eigenvalue weighted by atomic mass is 16.2. The predicted octanol–water partition coefficient (Wildman–Crippen LogP) is 0.716. The normalized spacial score (nSPS) is 31.6. The van der Waals surface area contributed by atoms with Gasteiger partial charge in [-0.15, -0.1) is 0 Å².